The second-order valence-electron chi connectivity index (χ2n) is 17.6. The Morgan fingerprint density at radius 3 is 2.00 bits per heavy atom. The van der Waals surface area contributed by atoms with E-state index in [2.05, 4.69) is 115 Å². The van der Waals surface area contributed by atoms with Gasteiger partial charge in [0.15, 0.2) is 8.03 Å². The summed E-state index contributed by atoms with van der Waals surface area (Å²) in [6.07, 6.45) is 6.33. The lowest BCUT2D eigenvalue weighted by Crippen LogP contribution is -2.69. The molecule has 4 saturated carbocycles. The molecular formula is C47H53FI2NO5PSi. The van der Waals surface area contributed by atoms with Gasteiger partial charge in [-0.15, -0.1) is 0 Å². The van der Waals surface area contributed by atoms with Gasteiger partial charge >= 0.3 is 5.97 Å². The van der Waals surface area contributed by atoms with Crippen LogP contribution in [0.2, 0.25) is 5.04 Å². The van der Waals surface area contributed by atoms with Gasteiger partial charge in [-0.1, -0.05) is 158 Å². The molecule has 2 unspecified atom stereocenters. The maximum atomic E-state index is 14.2. The van der Waals surface area contributed by atoms with E-state index in [1.807, 2.05) is 48.5 Å². The van der Waals surface area contributed by atoms with Crippen molar-refractivity contribution in [3.63, 3.8) is 0 Å². The zero-order chi connectivity index (χ0) is 41.2. The monoisotopic (exact) mass is 1040 g/mol. The van der Waals surface area contributed by atoms with E-state index >= 15 is 0 Å². The molecule has 8 rings (SSSR count). The molecule has 0 radical (unpaired) electrons. The number of carboxylic acids is 1. The zero-order valence-electron chi connectivity index (χ0n) is 33.6. The first-order valence-corrected chi connectivity index (χ1v) is 26.4. The Morgan fingerprint density at radius 2 is 1.50 bits per heavy atom. The topological polar surface area (TPSA) is 85.7 Å². The normalized spacial score (nSPS) is 22.5. The summed E-state index contributed by atoms with van der Waals surface area (Å²) in [5.74, 6) is 7.56. The molecule has 4 fully saturated rings. The van der Waals surface area contributed by atoms with Gasteiger partial charge in [0, 0.05) is 27.9 Å². The van der Waals surface area contributed by atoms with Crippen LogP contribution in [-0.4, -0.2) is 45.2 Å². The lowest BCUT2D eigenvalue weighted by Gasteiger charge is -2.56. The fourth-order valence-corrected chi connectivity index (χ4v) is 18.9. The van der Waals surface area contributed by atoms with Crippen molar-refractivity contribution in [2.75, 3.05) is 12.8 Å². The van der Waals surface area contributed by atoms with Crippen LogP contribution < -0.4 is 10.4 Å². The highest BCUT2D eigenvalue weighted by Crippen LogP contribution is 2.61. The molecule has 4 aliphatic carbocycles. The second kappa shape index (κ2) is 18.3. The van der Waals surface area contributed by atoms with Gasteiger partial charge in [-0.25, -0.2) is 4.39 Å². The molecule has 1 aromatic heterocycles. The number of rotatable bonds is 15. The molecule has 0 amide bonds. The van der Waals surface area contributed by atoms with E-state index in [4.69, 9.17) is 13.9 Å². The SMILES string of the molecule is CC(C)c1nc(C23CC4CC(CC(C4)C2)C3)cc(-c2ccc(F)cc2)c1C#CCO[PH](=O)CC(CC(=O)O)O[Si](c1ccccc1)(c1ccccc1)C(C)(C)C(I)I. The first kappa shape index (κ1) is 43.7. The van der Waals surface area contributed by atoms with Crippen LogP contribution >= 0.6 is 53.2 Å². The standard InChI is InChI=1S/C47H53FI2NO5PSi/c1-31(2)44-40(41(35-17-19-36(48)20-18-35)26-42(51-44)47-27-32-22-33(28-47)24-34(23-32)29-47)16-11-21-55-57(54)30-37(25-43(52)53)56-58(46(3,4)45(49)50,38-12-7-5-8-13-38)39-14-9-6-10-15-39/h5-10,12-15,17-20,26,31-34,37,45,57H,21-25,27-30H2,1-4H3,(H,52,53). The number of benzene rings is 3. The van der Waals surface area contributed by atoms with Crippen molar-refractivity contribution in [3.8, 4) is 23.0 Å². The van der Waals surface area contributed by atoms with Gasteiger partial charge in [0.2, 0.25) is 0 Å². The van der Waals surface area contributed by atoms with E-state index in [1.165, 1.54) is 50.7 Å². The molecule has 58 heavy (non-hydrogen) atoms. The summed E-state index contributed by atoms with van der Waals surface area (Å²) in [7, 11) is -6.01. The largest absolute Gasteiger partial charge is 0.481 e. The van der Waals surface area contributed by atoms with Crippen molar-refractivity contribution in [2.45, 2.75) is 97.0 Å². The Bertz CT molecular complexity index is 2100. The zero-order valence-corrected chi connectivity index (χ0v) is 40.0. The molecule has 1 N–H and O–H groups in total. The summed E-state index contributed by atoms with van der Waals surface area (Å²) in [6, 6.07) is 29.0. The van der Waals surface area contributed by atoms with Gasteiger partial charge in [-0.2, -0.15) is 0 Å². The summed E-state index contributed by atoms with van der Waals surface area (Å²) in [6.45, 7) is 8.54. The highest BCUT2D eigenvalue weighted by Gasteiger charge is 2.57. The van der Waals surface area contributed by atoms with Crippen molar-refractivity contribution in [1.82, 2.24) is 4.98 Å². The van der Waals surface area contributed by atoms with Gasteiger partial charge in [0.25, 0.3) is 8.32 Å². The van der Waals surface area contributed by atoms with Crippen LogP contribution in [0.3, 0.4) is 0 Å². The van der Waals surface area contributed by atoms with Crippen LogP contribution in [0.25, 0.3) is 11.1 Å². The lowest BCUT2D eigenvalue weighted by molar-refractivity contribution is -0.138. The third-order valence-electron chi connectivity index (χ3n) is 12.8. The van der Waals surface area contributed by atoms with Crippen LogP contribution in [0.1, 0.15) is 95.5 Å². The predicted octanol–water partition coefficient (Wildman–Crippen LogP) is 10.9. The summed E-state index contributed by atoms with van der Waals surface area (Å²) >= 11 is 4.86. The van der Waals surface area contributed by atoms with Gasteiger partial charge < -0.3 is 14.1 Å². The molecule has 306 valence electrons. The fraction of sp³-hybridized carbons (Fsp3) is 0.447. The van der Waals surface area contributed by atoms with E-state index in [0.717, 1.165) is 56.2 Å². The maximum absolute atomic E-state index is 14.2. The van der Waals surface area contributed by atoms with Crippen molar-refractivity contribution < 1.29 is 27.8 Å². The van der Waals surface area contributed by atoms with Gasteiger partial charge in [-0.3, -0.25) is 14.3 Å². The molecular weight excluding hydrogens is 990 g/mol. The highest BCUT2D eigenvalue weighted by atomic mass is 127. The van der Waals surface area contributed by atoms with Crippen LogP contribution in [0.5, 0.6) is 0 Å². The Kier molecular flexibility index (Phi) is 13.8. The van der Waals surface area contributed by atoms with Gasteiger partial charge in [-0.05, 0) is 96.3 Å². The first-order chi connectivity index (χ1) is 27.7. The van der Waals surface area contributed by atoms with E-state index in [1.54, 1.807) is 0 Å². The molecule has 11 heteroatoms. The minimum atomic E-state index is -3.22. The minimum Gasteiger partial charge on any atom is -0.481 e. The third-order valence-corrected chi connectivity index (χ3v) is 23.4. The van der Waals surface area contributed by atoms with Crippen molar-refractivity contribution in [3.05, 3.63) is 114 Å². The first-order valence-electron chi connectivity index (χ1n) is 20.5. The molecule has 0 aliphatic heterocycles. The minimum absolute atomic E-state index is 0.0598. The number of aliphatic carboxylic acids is 1. The Balaban J connectivity index is 1.17. The molecule has 4 aliphatic rings. The average Bonchev–Trinajstić information content (AvgIpc) is 3.18. The number of hydrogen-bond donors (Lipinski definition) is 1. The molecule has 4 bridgehead atoms. The quantitative estimate of drug-likeness (QED) is 0.0420. The van der Waals surface area contributed by atoms with Crippen molar-refractivity contribution in [1.29, 1.82) is 0 Å². The molecule has 2 atom stereocenters. The van der Waals surface area contributed by atoms with Crippen LogP contribution in [-0.2, 0) is 23.7 Å². The number of halogens is 3. The summed E-state index contributed by atoms with van der Waals surface area (Å²) in [5.41, 5.74) is 4.74. The summed E-state index contributed by atoms with van der Waals surface area (Å²) < 4.78 is 41.3. The smallest absolute Gasteiger partial charge is 0.305 e. The Labute approximate surface area is 372 Å². The predicted molar refractivity (Wildman–Crippen MR) is 251 cm³/mol. The van der Waals surface area contributed by atoms with Gasteiger partial charge in [0.05, 0.1) is 25.7 Å². The number of aromatic nitrogens is 1. The van der Waals surface area contributed by atoms with Gasteiger partial charge in [0.1, 0.15) is 12.4 Å². The van der Waals surface area contributed by atoms with Crippen LogP contribution in [0.15, 0.2) is 91.0 Å². The van der Waals surface area contributed by atoms with Crippen LogP contribution in [0, 0.1) is 35.4 Å². The van der Waals surface area contributed by atoms with E-state index in [-0.39, 0.29) is 38.3 Å². The molecule has 4 aromatic rings. The number of carboxylic acid groups (broad SMARTS) is 1. The molecule has 3 aromatic carbocycles. The number of hydrogen-bond acceptors (Lipinski definition) is 5. The number of nitrogens with zero attached hydrogens (tertiary/aromatic N) is 1. The van der Waals surface area contributed by atoms with E-state index in [0.29, 0.717) is 0 Å². The Hall–Kier alpha value is -2.40. The summed E-state index contributed by atoms with van der Waals surface area (Å²) in [4.78, 5) is 17.8. The third kappa shape index (κ3) is 9.11. The molecule has 0 saturated heterocycles. The van der Waals surface area contributed by atoms with E-state index < -0.39 is 33.5 Å². The summed E-state index contributed by atoms with van der Waals surface area (Å²) in [5, 5.41) is 11.7. The van der Waals surface area contributed by atoms with E-state index in [9.17, 15) is 18.9 Å². The number of alkyl halides is 2. The average molecular weight is 1040 g/mol. The highest BCUT2D eigenvalue weighted by molar-refractivity contribution is 14.2. The molecule has 0 spiro atoms. The molecule has 1 heterocycles. The fourth-order valence-electron chi connectivity index (χ4n) is 10.5. The van der Waals surface area contributed by atoms with Crippen LogP contribution in [0.4, 0.5) is 4.39 Å². The maximum Gasteiger partial charge on any atom is 0.305 e. The molecule has 6 nitrogen and oxygen atoms in total. The Morgan fingerprint density at radius 1 is 0.948 bits per heavy atom. The van der Waals surface area contributed by atoms with Crippen molar-refractivity contribution >= 4 is 77.9 Å². The second-order valence-corrected chi connectivity index (χ2v) is 28.0. The number of carbonyl (C=O) groups is 1. The van der Waals surface area contributed by atoms with Crippen molar-refractivity contribution in [2.24, 2.45) is 17.8 Å². The number of pyridine rings is 1. The lowest BCUT2D eigenvalue weighted by atomic mass is 9.48.